The minimum atomic E-state index is 0.543. The summed E-state index contributed by atoms with van der Waals surface area (Å²) in [5.74, 6) is 0. The van der Waals surface area contributed by atoms with E-state index in [0.29, 0.717) is 10.0 Å². The third kappa shape index (κ3) is 3.12. The van der Waals surface area contributed by atoms with Gasteiger partial charge in [0.1, 0.15) is 0 Å². The molecule has 0 unspecified atom stereocenters. The molecule has 0 amide bonds. The summed E-state index contributed by atoms with van der Waals surface area (Å²) in [6, 6.07) is 11.7. The van der Waals surface area contributed by atoms with Gasteiger partial charge in [-0.05, 0) is 48.7 Å². The second-order valence-corrected chi connectivity index (χ2v) is 5.04. The van der Waals surface area contributed by atoms with Crippen LogP contribution in [0.4, 0.5) is 5.69 Å². The molecule has 92 valence electrons. The van der Waals surface area contributed by atoms with Crippen molar-refractivity contribution in [2.24, 2.45) is 4.99 Å². The smallest absolute Gasteiger partial charge is 0.0661 e. The van der Waals surface area contributed by atoms with Crippen molar-refractivity contribution in [1.29, 1.82) is 0 Å². The Balaban J connectivity index is 2.29. The summed E-state index contributed by atoms with van der Waals surface area (Å²) in [5.41, 5.74) is 4.25. The van der Waals surface area contributed by atoms with Gasteiger partial charge in [0, 0.05) is 6.21 Å². The van der Waals surface area contributed by atoms with Crippen LogP contribution in [0.15, 0.2) is 41.4 Å². The highest BCUT2D eigenvalue weighted by molar-refractivity contribution is 6.42. The van der Waals surface area contributed by atoms with E-state index in [1.54, 1.807) is 18.3 Å². The third-order valence-electron chi connectivity index (χ3n) is 2.66. The third-order valence-corrected chi connectivity index (χ3v) is 3.40. The van der Waals surface area contributed by atoms with Gasteiger partial charge in [0.15, 0.2) is 0 Å². The molecule has 0 saturated carbocycles. The lowest BCUT2D eigenvalue weighted by atomic mass is 10.1. The Labute approximate surface area is 117 Å². The molecule has 3 heteroatoms. The quantitative estimate of drug-likeness (QED) is 0.655. The van der Waals surface area contributed by atoms with Gasteiger partial charge in [-0.15, -0.1) is 0 Å². The fraction of sp³-hybridized carbons (Fsp3) is 0.133. The van der Waals surface area contributed by atoms with Gasteiger partial charge in [-0.1, -0.05) is 41.4 Å². The highest BCUT2D eigenvalue weighted by Crippen LogP contribution is 2.23. The molecule has 2 aromatic carbocycles. The number of halogens is 2. The summed E-state index contributed by atoms with van der Waals surface area (Å²) >= 11 is 11.8. The Morgan fingerprint density at radius 1 is 0.944 bits per heavy atom. The molecular formula is C15H13Cl2N. The highest BCUT2D eigenvalue weighted by Gasteiger charge is 1.98. The molecule has 0 bridgehead atoms. The van der Waals surface area contributed by atoms with Crippen LogP contribution >= 0.6 is 23.2 Å². The first-order valence-corrected chi connectivity index (χ1v) is 6.38. The number of hydrogen-bond acceptors (Lipinski definition) is 1. The van der Waals surface area contributed by atoms with E-state index in [-0.39, 0.29) is 0 Å². The van der Waals surface area contributed by atoms with Crippen molar-refractivity contribution >= 4 is 35.1 Å². The molecule has 0 N–H and O–H groups in total. The molecule has 0 aliphatic heterocycles. The van der Waals surface area contributed by atoms with Gasteiger partial charge in [0.05, 0.1) is 15.7 Å². The van der Waals surface area contributed by atoms with Crippen molar-refractivity contribution in [1.82, 2.24) is 0 Å². The van der Waals surface area contributed by atoms with E-state index in [4.69, 9.17) is 23.2 Å². The lowest BCUT2D eigenvalue weighted by Gasteiger charge is -2.01. The second-order valence-electron chi connectivity index (χ2n) is 4.22. The molecule has 0 radical (unpaired) electrons. The van der Waals surface area contributed by atoms with Crippen LogP contribution in [0.2, 0.25) is 10.0 Å². The van der Waals surface area contributed by atoms with Crippen LogP contribution in [0.25, 0.3) is 0 Å². The zero-order valence-electron chi connectivity index (χ0n) is 10.2. The number of aliphatic imine (C=N–C) groups is 1. The minimum Gasteiger partial charge on any atom is -0.256 e. The molecule has 0 aliphatic rings. The average molecular weight is 278 g/mol. The maximum Gasteiger partial charge on any atom is 0.0661 e. The summed E-state index contributed by atoms with van der Waals surface area (Å²) in [6.07, 6.45) is 1.80. The highest BCUT2D eigenvalue weighted by atomic mass is 35.5. The van der Waals surface area contributed by atoms with E-state index in [1.165, 1.54) is 5.56 Å². The van der Waals surface area contributed by atoms with Crippen LogP contribution in [0.3, 0.4) is 0 Å². The maximum atomic E-state index is 5.96. The predicted molar refractivity (Wildman–Crippen MR) is 79.6 cm³/mol. The molecule has 0 atom stereocenters. The molecule has 0 aliphatic carbocycles. The van der Waals surface area contributed by atoms with Gasteiger partial charge in [-0.25, -0.2) is 0 Å². The number of benzene rings is 2. The molecule has 0 spiro atoms. The van der Waals surface area contributed by atoms with Gasteiger partial charge in [0.25, 0.3) is 0 Å². The van der Waals surface area contributed by atoms with Crippen molar-refractivity contribution in [3.8, 4) is 0 Å². The maximum absolute atomic E-state index is 5.96. The SMILES string of the molecule is Cc1ccc(C)c(N=Cc2ccc(Cl)c(Cl)c2)c1. The first-order valence-electron chi connectivity index (χ1n) is 5.62. The standard InChI is InChI=1S/C15H13Cl2N/c1-10-3-4-11(2)15(7-10)18-9-12-5-6-13(16)14(17)8-12/h3-9H,1-2H3. The Bertz CT molecular complexity index is 603. The summed E-state index contributed by atoms with van der Waals surface area (Å²) in [5, 5.41) is 1.10. The molecule has 2 rings (SSSR count). The van der Waals surface area contributed by atoms with Gasteiger partial charge in [-0.3, -0.25) is 4.99 Å². The molecule has 18 heavy (non-hydrogen) atoms. The van der Waals surface area contributed by atoms with E-state index in [2.05, 4.69) is 30.1 Å². The molecule has 0 saturated heterocycles. The van der Waals surface area contributed by atoms with E-state index < -0.39 is 0 Å². The monoisotopic (exact) mass is 277 g/mol. The van der Waals surface area contributed by atoms with Crippen molar-refractivity contribution in [2.45, 2.75) is 13.8 Å². The first kappa shape index (κ1) is 13.1. The normalized spacial score (nSPS) is 11.1. The zero-order valence-corrected chi connectivity index (χ0v) is 11.8. The van der Waals surface area contributed by atoms with Crippen molar-refractivity contribution < 1.29 is 0 Å². The number of aryl methyl sites for hydroxylation is 2. The number of rotatable bonds is 2. The lowest BCUT2D eigenvalue weighted by Crippen LogP contribution is -1.82. The molecule has 0 heterocycles. The second kappa shape index (κ2) is 5.55. The van der Waals surface area contributed by atoms with Crippen molar-refractivity contribution in [3.63, 3.8) is 0 Å². The Kier molecular flexibility index (Phi) is 4.05. The minimum absolute atomic E-state index is 0.543. The van der Waals surface area contributed by atoms with Gasteiger partial charge in [0.2, 0.25) is 0 Å². The average Bonchev–Trinajstić information content (AvgIpc) is 2.34. The van der Waals surface area contributed by atoms with Crippen molar-refractivity contribution in [3.05, 3.63) is 63.1 Å². The van der Waals surface area contributed by atoms with Crippen LogP contribution < -0.4 is 0 Å². The van der Waals surface area contributed by atoms with E-state index in [0.717, 1.165) is 16.8 Å². The Hall–Kier alpha value is -1.31. The van der Waals surface area contributed by atoms with Crippen molar-refractivity contribution in [2.75, 3.05) is 0 Å². The molecular weight excluding hydrogens is 265 g/mol. The summed E-state index contributed by atoms with van der Waals surface area (Å²) in [7, 11) is 0. The van der Waals surface area contributed by atoms with Gasteiger partial charge < -0.3 is 0 Å². The van der Waals surface area contributed by atoms with Gasteiger partial charge in [-0.2, -0.15) is 0 Å². The fourth-order valence-electron chi connectivity index (χ4n) is 1.60. The fourth-order valence-corrected chi connectivity index (χ4v) is 1.90. The molecule has 0 aromatic heterocycles. The number of nitrogens with zero attached hydrogens (tertiary/aromatic N) is 1. The summed E-state index contributed by atoms with van der Waals surface area (Å²) in [6.45, 7) is 4.10. The predicted octanol–water partition coefficient (Wildman–Crippen LogP) is 5.36. The van der Waals surface area contributed by atoms with Crippen LogP contribution in [0, 0.1) is 13.8 Å². The summed E-state index contributed by atoms with van der Waals surface area (Å²) < 4.78 is 0. The Morgan fingerprint density at radius 2 is 1.72 bits per heavy atom. The van der Waals surface area contributed by atoms with Gasteiger partial charge >= 0.3 is 0 Å². The van der Waals surface area contributed by atoms with Crippen LogP contribution in [-0.4, -0.2) is 6.21 Å². The van der Waals surface area contributed by atoms with E-state index >= 15 is 0 Å². The summed E-state index contributed by atoms with van der Waals surface area (Å²) in [4.78, 5) is 4.48. The molecule has 2 aromatic rings. The topological polar surface area (TPSA) is 12.4 Å². The lowest BCUT2D eigenvalue weighted by molar-refractivity contribution is 1.35. The molecule has 1 nitrogen and oxygen atoms in total. The zero-order chi connectivity index (χ0) is 13.1. The molecule has 0 fully saturated rings. The van der Waals surface area contributed by atoms with E-state index in [9.17, 15) is 0 Å². The van der Waals surface area contributed by atoms with E-state index in [1.807, 2.05) is 13.0 Å². The largest absolute Gasteiger partial charge is 0.256 e. The van der Waals surface area contributed by atoms with Crippen LogP contribution in [-0.2, 0) is 0 Å². The Morgan fingerprint density at radius 3 is 2.44 bits per heavy atom. The first-order chi connectivity index (χ1) is 8.56. The van der Waals surface area contributed by atoms with Crippen LogP contribution in [0.1, 0.15) is 16.7 Å². The number of hydrogen-bond donors (Lipinski definition) is 0. The van der Waals surface area contributed by atoms with Crippen LogP contribution in [0.5, 0.6) is 0 Å².